The lowest BCUT2D eigenvalue weighted by molar-refractivity contribution is 0.863. The van der Waals surface area contributed by atoms with E-state index >= 15 is 0 Å². The molecular formula is C11H12ClN. The van der Waals surface area contributed by atoms with E-state index in [1.165, 1.54) is 16.7 Å². The molecular weight excluding hydrogens is 182 g/mol. The predicted molar refractivity (Wildman–Crippen MR) is 56.9 cm³/mol. The minimum Gasteiger partial charge on any atom is -0.330 e. The Morgan fingerprint density at radius 2 is 2.08 bits per heavy atom. The number of fused-ring (bicyclic) bond motifs is 1. The fourth-order valence-electron chi connectivity index (χ4n) is 1.85. The van der Waals surface area contributed by atoms with Crippen molar-refractivity contribution in [2.45, 2.75) is 5.92 Å². The average Bonchev–Trinajstić information content (AvgIpc) is 2.56. The van der Waals surface area contributed by atoms with Gasteiger partial charge in [0.1, 0.15) is 0 Å². The molecule has 0 heterocycles. The number of hydrogen-bond donors (Lipinski definition) is 1. The summed E-state index contributed by atoms with van der Waals surface area (Å²) < 4.78 is 0. The quantitative estimate of drug-likeness (QED) is 0.718. The van der Waals surface area contributed by atoms with E-state index in [1.807, 2.05) is 12.1 Å². The highest BCUT2D eigenvalue weighted by Gasteiger charge is 2.20. The zero-order valence-electron chi connectivity index (χ0n) is 7.33. The molecule has 13 heavy (non-hydrogen) atoms. The third-order valence-electron chi connectivity index (χ3n) is 2.51. The molecule has 2 N–H and O–H groups in total. The summed E-state index contributed by atoms with van der Waals surface area (Å²) >= 11 is 5.85. The zero-order valence-corrected chi connectivity index (χ0v) is 8.09. The molecule has 0 radical (unpaired) electrons. The summed E-state index contributed by atoms with van der Waals surface area (Å²) in [7, 11) is 0. The molecule has 1 unspecified atom stereocenters. The summed E-state index contributed by atoms with van der Waals surface area (Å²) in [5, 5.41) is 0. The van der Waals surface area contributed by atoms with E-state index in [0.29, 0.717) is 18.3 Å². The topological polar surface area (TPSA) is 26.0 Å². The van der Waals surface area contributed by atoms with E-state index in [-0.39, 0.29) is 0 Å². The number of rotatable bonds is 2. The fourth-order valence-corrected chi connectivity index (χ4v) is 2.08. The van der Waals surface area contributed by atoms with Crippen LogP contribution in [0.1, 0.15) is 17.0 Å². The number of benzene rings is 1. The Bertz CT molecular complexity index is 344. The smallest absolute Gasteiger partial charge is 0.0477 e. The first-order valence-corrected chi connectivity index (χ1v) is 4.96. The van der Waals surface area contributed by atoms with Crippen LogP contribution >= 0.6 is 11.6 Å². The normalized spacial score (nSPS) is 19.8. The van der Waals surface area contributed by atoms with Crippen LogP contribution in [0, 0.1) is 0 Å². The SMILES string of the molecule is NCC1C=C(CCl)c2ccccc21. The molecule has 68 valence electrons. The monoisotopic (exact) mass is 193 g/mol. The molecule has 0 bridgehead atoms. The standard InChI is InChI=1S/C11H12ClN/c12-6-8-5-9(7-13)11-4-2-1-3-10(8)11/h1-5,9H,6-7,13H2. The van der Waals surface area contributed by atoms with Crippen LogP contribution in [0.4, 0.5) is 0 Å². The first-order chi connectivity index (χ1) is 6.36. The highest BCUT2D eigenvalue weighted by atomic mass is 35.5. The van der Waals surface area contributed by atoms with Gasteiger partial charge in [0, 0.05) is 18.3 Å². The number of halogens is 1. The zero-order chi connectivity index (χ0) is 9.26. The maximum absolute atomic E-state index is 5.85. The van der Waals surface area contributed by atoms with Gasteiger partial charge in [0.05, 0.1) is 0 Å². The second-order valence-corrected chi connectivity index (χ2v) is 3.52. The molecule has 0 fully saturated rings. The van der Waals surface area contributed by atoms with Crippen LogP contribution in [-0.2, 0) is 0 Å². The summed E-state index contributed by atoms with van der Waals surface area (Å²) in [6, 6.07) is 8.33. The molecule has 1 aromatic carbocycles. The number of hydrogen-bond acceptors (Lipinski definition) is 1. The van der Waals surface area contributed by atoms with Crippen molar-refractivity contribution in [1.82, 2.24) is 0 Å². The first kappa shape index (κ1) is 8.79. The summed E-state index contributed by atoms with van der Waals surface area (Å²) in [5.74, 6) is 0.943. The van der Waals surface area contributed by atoms with Crippen molar-refractivity contribution >= 4 is 17.2 Å². The van der Waals surface area contributed by atoms with Gasteiger partial charge in [-0.2, -0.15) is 0 Å². The minimum atomic E-state index is 0.366. The molecule has 0 aromatic heterocycles. The summed E-state index contributed by atoms with van der Waals surface area (Å²) in [6.07, 6.45) is 2.18. The van der Waals surface area contributed by atoms with E-state index < -0.39 is 0 Å². The molecule has 2 rings (SSSR count). The van der Waals surface area contributed by atoms with Crippen molar-refractivity contribution in [1.29, 1.82) is 0 Å². The molecule has 0 amide bonds. The highest BCUT2D eigenvalue weighted by Crippen LogP contribution is 2.35. The van der Waals surface area contributed by atoms with Gasteiger partial charge in [-0.05, 0) is 16.7 Å². The van der Waals surface area contributed by atoms with E-state index in [1.54, 1.807) is 0 Å². The molecule has 1 nitrogen and oxygen atoms in total. The number of allylic oxidation sites excluding steroid dienone is 1. The largest absolute Gasteiger partial charge is 0.330 e. The van der Waals surface area contributed by atoms with E-state index in [2.05, 4.69) is 18.2 Å². The lowest BCUT2D eigenvalue weighted by Crippen LogP contribution is -2.08. The van der Waals surface area contributed by atoms with E-state index in [9.17, 15) is 0 Å². The molecule has 0 aliphatic heterocycles. The van der Waals surface area contributed by atoms with Crippen LogP contribution in [0.15, 0.2) is 30.3 Å². The van der Waals surface area contributed by atoms with E-state index in [4.69, 9.17) is 17.3 Å². The van der Waals surface area contributed by atoms with Gasteiger partial charge in [-0.15, -0.1) is 11.6 Å². The van der Waals surface area contributed by atoms with Crippen LogP contribution < -0.4 is 5.73 Å². The van der Waals surface area contributed by atoms with Gasteiger partial charge in [0.2, 0.25) is 0 Å². The molecule has 1 atom stereocenters. The van der Waals surface area contributed by atoms with Gasteiger partial charge in [-0.3, -0.25) is 0 Å². The van der Waals surface area contributed by atoms with Gasteiger partial charge < -0.3 is 5.73 Å². The van der Waals surface area contributed by atoms with Gasteiger partial charge in [0.25, 0.3) is 0 Å². The van der Waals surface area contributed by atoms with Crippen LogP contribution in [0.3, 0.4) is 0 Å². The van der Waals surface area contributed by atoms with Crippen LogP contribution in [0.5, 0.6) is 0 Å². The van der Waals surface area contributed by atoms with Gasteiger partial charge in [0.15, 0.2) is 0 Å². The Morgan fingerprint density at radius 3 is 2.77 bits per heavy atom. The Kier molecular flexibility index (Phi) is 2.38. The Morgan fingerprint density at radius 1 is 1.31 bits per heavy atom. The fraction of sp³-hybridized carbons (Fsp3) is 0.273. The maximum Gasteiger partial charge on any atom is 0.0477 e. The summed E-state index contributed by atoms with van der Waals surface area (Å²) in [6.45, 7) is 0.664. The Hall–Kier alpha value is -0.790. The Labute approximate surface area is 83.2 Å². The maximum atomic E-state index is 5.85. The second kappa shape index (κ2) is 3.52. The lowest BCUT2D eigenvalue weighted by atomic mass is 10.0. The Balaban J connectivity index is 2.47. The molecule has 1 aromatic rings. The summed E-state index contributed by atoms with van der Waals surface area (Å²) in [4.78, 5) is 0. The van der Waals surface area contributed by atoms with Crippen molar-refractivity contribution in [2.24, 2.45) is 5.73 Å². The minimum absolute atomic E-state index is 0.366. The molecule has 2 heteroatoms. The summed E-state index contributed by atoms with van der Waals surface area (Å²) in [5.41, 5.74) is 9.48. The number of alkyl halides is 1. The van der Waals surface area contributed by atoms with Crippen LogP contribution in [-0.4, -0.2) is 12.4 Å². The molecule has 0 spiro atoms. The highest BCUT2D eigenvalue weighted by molar-refractivity contribution is 6.23. The van der Waals surface area contributed by atoms with Gasteiger partial charge in [-0.1, -0.05) is 30.3 Å². The van der Waals surface area contributed by atoms with Crippen molar-refractivity contribution in [3.05, 3.63) is 41.5 Å². The lowest BCUT2D eigenvalue weighted by Gasteiger charge is -2.06. The second-order valence-electron chi connectivity index (χ2n) is 3.25. The van der Waals surface area contributed by atoms with E-state index in [0.717, 1.165) is 0 Å². The number of nitrogens with two attached hydrogens (primary N) is 1. The molecule has 0 saturated heterocycles. The molecule has 1 aliphatic carbocycles. The average molecular weight is 194 g/mol. The third kappa shape index (κ3) is 1.38. The van der Waals surface area contributed by atoms with Crippen molar-refractivity contribution in [3.8, 4) is 0 Å². The van der Waals surface area contributed by atoms with Crippen LogP contribution in [0.2, 0.25) is 0 Å². The van der Waals surface area contributed by atoms with Crippen molar-refractivity contribution in [3.63, 3.8) is 0 Å². The molecule has 0 saturated carbocycles. The molecule has 1 aliphatic rings. The van der Waals surface area contributed by atoms with Crippen LogP contribution in [0.25, 0.3) is 5.57 Å². The van der Waals surface area contributed by atoms with Gasteiger partial charge in [-0.25, -0.2) is 0 Å². The van der Waals surface area contributed by atoms with Crippen molar-refractivity contribution in [2.75, 3.05) is 12.4 Å². The predicted octanol–water partition coefficient (Wildman–Crippen LogP) is 2.36. The first-order valence-electron chi connectivity index (χ1n) is 4.43. The van der Waals surface area contributed by atoms with Crippen molar-refractivity contribution < 1.29 is 0 Å². The third-order valence-corrected chi connectivity index (χ3v) is 2.79. The van der Waals surface area contributed by atoms with Gasteiger partial charge >= 0.3 is 0 Å².